The Hall–Kier alpha value is -7.17. The normalized spacial score (nSPS) is 22.2. The number of piperazine rings is 1. The van der Waals surface area contributed by atoms with Crippen molar-refractivity contribution in [3.05, 3.63) is 81.9 Å². The molecule has 5 saturated heterocycles. The summed E-state index contributed by atoms with van der Waals surface area (Å²) in [7, 11) is 1.72. The molecule has 4 N–H and O–H groups in total. The topological polar surface area (TPSA) is 198 Å². The smallest absolute Gasteiger partial charge is 0.407 e. The second-order valence-corrected chi connectivity index (χ2v) is 21.8. The summed E-state index contributed by atoms with van der Waals surface area (Å²) in [6.07, 6.45) is 22.4. The summed E-state index contributed by atoms with van der Waals surface area (Å²) in [5.74, 6) is 0.626. The molecular formula is C58H66F2N10O7. The number of hydrogen-bond donors (Lipinski definition) is 4. The van der Waals surface area contributed by atoms with Crippen molar-refractivity contribution in [3.63, 3.8) is 0 Å². The van der Waals surface area contributed by atoms with Crippen molar-refractivity contribution in [3.8, 4) is 35.4 Å². The number of ether oxygens (including phenoxy) is 2. The minimum atomic E-state index is -0.766. The number of imide groups is 1. The highest BCUT2D eigenvalue weighted by Gasteiger charge is 2.50. The largest absolute Gasteiger partial charge is 0.508 e. The Kier molecular flexibility index (Phi) is 14.9. The first-order valence-electron chi connectivity index (χ1n) is 27.5. The Morgan fingerprint density at radius 3 is 2.49 bits per heavy atom. The number of unbranched alkanes of at least 4 members (excludes halogenated alkanes) is 7. The Balaban J connectivity index is 0.643. The number of fused-ring (bicyclic) bond motifs is 6. The monoisotopic (exact) mass is 1050 g/mol. The van der Waals surface area contributed by atoms with E-state index < -0.39 is 29.7 Å². The van der Waals surface area contributed by atoms with Gasteiger partial charge in [-0.2, -0.15) is 9.97 Å². The summed E-state index contributed by atoms with van der Waals surface area (Å²) in [4.78, 5) is 68.9. The van der Waals surface area contributed by atoms with Crippen LogP contribution in [0.4, 0.5) is 19.4 Å². The van der Waals surface area contributed by atoms with Crippen LogP contribution in [0.15, 0.2) is 53.5 Å². The minimum absolute atomic E-state index is 0.00392. The first-order valence-corrected chi connectivity index (χ1v) is 27.5. The highest BCUT2D eigenvalue weighted by Crippen LogP contribution is 2.44. The van der Waals surface area contributed by atoms with Crippen LogP contribution in [0.2, 0.25) is 0 Å². The second-order valence-electron chi connectivity index (χ2n) is 21.8. The number of imidazole rings is 1. The number of aromatic nitrogens is 5. The lowest BCUT2D eigenvalue weighted by atomic mass is 9.95. The number of nitrogens with one attached hydrogen (secondary N) is 3. The molecule has 0 aliphatic carbocycles. The minimum Gasteiger partial charge on any atom is -0.508 e. The van der Waals surface area contributed by atoms with Crippen molar-refractivity contribution in [1.29, 1.82) is 0 Å². The van der Waals surface area contributed by atoms with Gasteiger partial charge in [0.1, 0.15) is 47.9 Å². The fraction of sp³-hybridized carbons (Fsp3) is 0.500. The fourth-order valence-electron chi connectivity index (χ4n) is 12.9. The quantitative estimate of drug-likeness (QED) is 0.0348. The third-order valence-electron chi connectivity index (χ3n) is 16.9. The number of nitrogens with zero attached hydrogens (tertiary/aromatic N) is 7. The highest BCUT2D eigenvalue weighted by molar-refractivity contribution is 6.03. The van der Waals surface area contributed by atoms with E-state index in [1.165, 1.54) is 35.0 Å². The van der Waals surface area contributed by atoms with Crippen LogP contribution < -0.4 is 31.3 Å². The van der Waals surface area contributed by atoms with Gasteiger partial charge in [0.15, 0.2) is 5.82 Å². The third kappa shape index (κ3) is 10.4. The fourth-order valence-corrected chi connectivity index (χ4v) is 12.9. The zero-order valence-corrected chi connectivity index (χ0v) is 43.6. The number of benzene rings is 3. The Labute approximate surface area is 445 Å². The van der Waals surface area contributed by atoms with Crippen LogP contribution in [0.1, 0.15) is 120 Å². The molecule has 3 amide bonds. The number of pyridine rings is 1. The predicted octanol–water partition coefficient (Wildman–Crippen LogP) is 7.85. The van der Waals surface area contributed by atoms with E-state index in [1.807, 2.05) is 18.2 Å². The summed E-state index contributed by atoms with van der Waals surface area (Å²) >= 11 is 0. The summed E-state index contributed by atoms with van der Waals surface area (Å²) in [6, 6.07) is 11.4. The zero-order valence-electron chi connectivity index (χ0n) is 43.6. The molecule has 17 nitrogen and oxygen atoms in total. The molecule has 19 heteroatoms. The summed E-state index contributed by atoms with van der Waals surface area (Å²) in [6.45, 7) is 3.25. The summed E-state index contributed by atoms with van der Waals surface area (Å²) in [5, 5.41) is 20.8. The van der Waals surface area contributed by atoms with Crippen LogP contribution in [-0.2, 0) is 27.8 Å². The van der Waals surface area contributed by atoms with Gasteiger partial charge in [0.25, 0.3) is 0 Å². The molecule has 5 aliphatic rings. The van der Waals surface area contributed by atoms with Crippen LogP contribution in [0.3, 0.4) is 0 Å². The van der Waals surface area contributed by atoms with E-state index in [9.17, 15) is 24.3 Å². The number of aryl methyl sites for hydroxylation is 2. The molecule has 8 heterocycles. The molecule has 11 rings (SSSR count). The number of phenols is 1. The molecule has 6 aromatic rings. The maximum Gasteiger partial charge on any atom is 0.407 e. The van der Waals surface area contributed by atoms with Crippen molar-refractivity contribution < 1.29 is 37.7 Å². The first-order chi connectivity index (χ1) is 37.4. The Bertz CT molecular complexity index is 3360. The van der Waals surface area contributed by atoms with E-state index in [2.05, 4.69) is 36.7 Å². The molecule has 0 radical (unpaired) electrons. The van der Waals surface area contributed by atoms with Crippen molar-refractivity contribution in [2.75, 3.05) is 44.3 Å². The van der Waals surface area contributed by atoms with E-state index in [1.54, 1.807) is 11.6 Å². The number of terminal acetylenes is 1. The number of anilines is 1. The number of rotatable bonds is 19. The number of aromatic hydroxyl groups is 1. The van der Waals surface area contributed by atoms with Gasteiger partial charge in [0.05, 0.1) is 27.5 Å². The molecule has 404 valence electrons. The molecule has 0 saturated carbocycles. The maximum absolute atomic E-state index is 17.2. The number of piperidine rings is 1. The average Bonchev–Trinajstić information content (AvgIpc) is 4.23. The molecule has 4 unspecified atom stereocenters. The number of hydrogen-bond acceptors (Lipinski definition) is 13. The van der Waals surface area contributed by atoms with Gasteiger partial charge in [-0.05, 0) is 112 Å². The Morgan fingerprint density at radius 1 is 0.935 bits per heavy atom. The number of phenolic OH excluding ortho intramolecular Hbond substituents is 1. The van der Waals surface area contributed by atoms with Gasteiger partial charge in [-0.15, -0.1) is 6.42 Å². The molecule has 3 aromatic carbocycles. The highest BCUT2D eigenvalue weighted by atomic mass is 19.1. The van der Waals surface area contributed by atoms with E-state index in [4.69, 9.17) is 25.9 Å². The van der Waals surface area contributed by atoms with E-state index in [-0.39, 0.29) is 94.4 Å². The van der Waals surface area contributed by atoms with E-state index >= 15 is 8.78 Å². The van der Waals surface area contributed by atoms with Crippen molar-refractivity contribution in [1.82, 2.24) is 44.9 Å². The zero-order chi connectivity index (χ0) is 53.4. The second kappa shape index (κ2) is 22.1. The summed E-state index contributed by atoms with van der Waals surface area (Å²) in [5.41, 5.74) is 1.99. The number of halogens is 2. The van der Waals surface area contributed by atoms with Gasteiger partial charge >= 0.3 is 17.8 Å². The van der Waals surface area contributed by atoms with Gasteiger partial charge < -0.3 is 30.1 Å². The van der Waals surface area contributed by atoms with Crippen LogP contribution >= 0.6 is 0 Å². The number of alkyl carbamates (subject to hydrolysis) is 1. The SMILES string of the molecule is C#Cc1c(F)ccc2cc(O)cc(-c3ncc4c(N5CC6CCC(C5)N6)nc(OCC56CCCN5[C@H](COC(=O)NCCCCCCCCCCc5ccc7c(c5)n(C)c(=O)n7C5CCC(=O)NC5=O)CC6)nc4c3F)c12. The van der Waals surface area contributed by atoms with Gasteiger partial charge in [-0.1, -0.05) is 56.6 Å². The lowest BCUT2D eigenvalue weighted by Crippen LogP contribution is -2.51. The van der Waals surface area contributed by atoms with Gasteiger partial charge in [0.2, 0.25) is 11.8 Å². The molecule has 5 fully saturated rings. The molecule has 2 bridgehead atoms. The van der Waals surface area contributed by atoms with Gasteiger partial charge in [-0.25, -0.2) is 18.4 Å². The Morgan fingerprint density at radius 2 is 1.71 bits per heavy atom. The number of carbonyl (C=O) groups is 3. The van der Waals surface area contributed by atoms with Crippen molar-refractivity contribution in [2.45, 2.75) is 139 Å². The molecule has 0 spiro atoms. The average molecular weight is 1050 g/mol. The maximum atomic E-state index is 17.2. The van der Waals surface area contributed by atoms with E-state index in [0.29, 0.717) is 48.2 Å². The van der Waals surface area contributed by atoms with Crippen molar-refractivity contribution in [2.24, 2.45) is 7.05 Å². The first kappa shape index (κ1) is 51.9. The van der Waals surface area contributed by atoms with Gasteiger partial charge in [0, 0.05) is 68.4 Å². The number of amides is 3. The van der Waals surface area contributed by atoms with E-state index in [0.717, 1.165) is 114 Å². The molecule has 5 atom stereocenters. The summed E-state index contributed by atoms with van der Waals surface area (Å²) < 4.78 is 47.7. The van der Waals surface area contributed by atoms with Gasteiger partial charge in [-0.3, -0.25) is 33.9 Å². The lowest BCUT2D eigenvalue weighted by molar-refractivity contribution is -0.135. The van der Waals surface area contributed by atoms with Crippen LogP contribution in [-0.4, -0.2) is 115 Å². The standard InChI is InChI=1S/C58H66F2N10O7/c1-3-41-44(59)18-15-36-28-40(71)29-42(49(36)41)51-50(60)52-43(30-62-51)53(68-31-37-16-17-38(32-68)63-37)66-55(65-52)77-34-58-23-12-26-69(58)39(22-24-58)33-76-56(74)61-25-11-9-7-5-4-6-8-10-13-35-14-19-45-47(27-35)67(2)57(75)70(45)46-20-21-48(72)64-54(46)73/h1,14-15,18-19,27-30,37-39,46,63,71H,4-13,16-17,20-26,31-34H2,2H3,(H,61,74)(H,64,72,73)/t37?,38?,39-,46?,58?/m0/s1. The van der Waals surface area contributed by atoms with Crippen LogP contribution in [0.25, 0.3) is 44.0 Å². The number of carbonyl (C=O) groups excluding carboxylic acids is 3. The molecular weight excluding hydrogens is 987 g/mol. The predicted molar refractivity (Wildman–Crippen MR) is 288 cm³/mol. The molecule has 5 aliphatic heterocycles. The lowest BCUT2D eigenvalue weighted by Gasteiger charge is -2.35. The van der Waals surface area contributed by atoms with Crippen LogP contribution in [0.5, 0.6) is 11.8 Å². The van der Waals surface area contributed by atoms with Crippen molar-refractivity contribution >= 4 is 56.4 Å². The third-order valence-corrected chi connectivity index (χ3v) is 16.9. The van der Waals surface area contributed by atoms with Crippen LogP contribution in [0, 0.1) is 24.0 Å². The molecule has 77 heavy (non-hydrogen) atoms. The molecule has 3 aromatic heterocycles.